The fourth-order valence-electron chi connectivity index (χ4n) is 2.81. The monoisotopic (exact) mass is 270 g/mol. The molecule has 1 fully saturated rings. The minimum absolute atomic E-state index is 0.171. The predicted molar refractivity (Wildman–Crippen MR) is 78.1 cm³/mol. The average Bonchev–Trinajstić information content (AvgIpc) is 2.44. The summed E-state index contributed by atoms with van der Waals surface area (Å²) in [4.78, 5) is 14.2. The largest absolute Gasteiger partial charge is 0.382 e. The van der Waals surface area contributed by atoms with Crippen LogP contribution in [0, 0.1) is 5.92 Å². The number of methoxy groups -OCH3 is 1. The second kappa shape index (κ2) is 8.54. The number of hydrogen-bond donors (Lipinski definition) is 1. The molecule has 4 nitrogen and oxygen atoms in total. The van der Waals surface area contributed by atoms with Gasteiger partial charge in [-0.2, -0.15) is 0 Å². The Morgan fingerprint density at radius 2 is 2.21 bits per heavy atom. The summed E-state index contributed by atoms with van der Waals surface area (Å²) in [6, 6.07) is 0.581. The van der Waals surface area contributed by atoms with Gasteiger partial charge in [0, 0.05) is 32.7 Å². The Balaban J connectivity index is 2.41. The van der Waals surface area contributed by atoms with Crippen LogP contribution in [0.1, 0.15) is 46.5 Å². The number of amides is 1. The van der Waals surface area contributed by atoms with Gasteiger partial charge in [-0.05, 0) is 32.2 Å². The molecule has 1 rings (SSSR count). The maximum Gasteiger partial charge on any atom is 0.222 e. The van der Waals surface area contributed by atoms with E-state index in [1.807, 2.05) is 11.8 Å². The molecule has 0 aromatic carbocycles. The van der Waals surface area contributed by atoms with Gasteiger partial charge in [0.2, 0.25) is 5.91 Å². The lowest BCUT2D eigenvalue weighted by Crippen LogP contribution is -2.50. The van der Waals surface area contributed by atoms with Crippen LogP contribution in [0.3, 0.4) is 0 Å². The van der Waals surface area contributed by atoms with Gasteiger partial charge in [-0.1, -0.05) is 20.3 Å². The zero-order valence-corrected chi connectivity index (χ0v) is 12.9. The highest BCUT2D eigenvalue weighted by Crippen LogP contribution is 2.21. The van der Waals surface area contributed by atoms with Crippen molar-refractivity contribution in [2.75, 3.05) is 26.7 Å². The molecule has 0 saturated carbocycles. The minimum atomic E-state index is 0.171. The van der Waals surface area contributed by atoms with Crippen molar-refractivity contribution in [1.82, 2.24) is 10.2 Å². The zero-order chi connectivity index (χ0) is 14.3. The third-order valence-corrected chi connectivity index (χ3v) is 4.24. The molecule has 3 atom stereocenters. The van der Waals surface area contributed by atoms with E-state index in [1.165, 1.54) is 0 Å². The molecule has 112 valence electrons. The van der Waals surface area contributed by atoms with Crippen LogP contribution >= 0.6 is 0 Å². The van der Waals surface area contributed by atoms with Crippen molar-refractivity contribution in [2.24, 2.45) is 5.92 Å². The van der Waals surface area contributed by atoms with E-state index in [2.05, 4.69) is 19.2 Å². The summed E-state index contributed by atoms with van der Waals surface area (Å²) in [6.07, 6.45) is 3.81. The van der Waals surface area contributed by atoms with Crippen LogP contribution in [0.25, 0.3) is 0 Å². The standard InChI is InChI=1S/C15H30N2O2/c1-5-13-11-17(10-9-14(13)16-6-2)15(18)8-7-12(3)19-4/h12-14,16H,5-11H2,1-4H3. The van der Waals surface area contributed by atoms with Crippen LogP contribution in [-0.4, -0.2) is 49.7 Å². The molecule has 0 spiro atoms. The number of carbonyl (C=O) groups is 1. The lowest BCUT2D eigenvalue weighted by atomic mass is 9.89. The van der Waals surface area contributed by atoms with Crippen LogP contribution in [0.5, 0.6) is 0 Å². The van der Waals surface area contributed by atoms with Crippen molar-refractivity contribution in [3.05, 3.63) is 0 Å². The van der Waals surface area contributed by atoms with Crippen molar-refractivity contribution >= 4 is 5.91 Å². The van der Waals surface area contributed by atoms with Crippen molar-refractivity contribution in [1.29, 1.82) is 0 Å². The number of hydrogen-bond acceptors (Lipinski definition) is 3. The van der Waals surface area contributed by atoms with E-state index >= 15 is 0 Å². The van der Waals surface area contributed by atoms with Gasteiger partial charge in [0.05, 0.1) is 6.10 Å². The van der Waals surface area contributed by atoms with Gasteiger partial charge >= 0.3 is 0 Å². The third kappa shape index (κ3) is 5.11. The Morgan fingerprint density at radius 1 is 1.47 bits per heavy atom. The van der Waals surface area contributed by atoms with Crippen molar-refractivity contribution in [3.8, 4) is 0 Å². The summed E-state index contributed by atoms with van der Waals surface area (Å²) in [5, 5.41) is 3.55. The molecule has 1 amide bonds. The van der Waals surface area contributed by atoms with Crippen LogP contribution in [0.15, 0.2) is 0 Å². The van der Waals surface area contributed by atoms with Gasteiger partial charge in [0.15, 0.2) is 0 Å². The van der Waals surface area contributed by atoms with Gasteiger partial charge < -0.3 is 15.0 Å². The molecular formula is C15H30N2O2. The topological polar surface area (TPSA) is 41.6 Å². The molecule has 4 heteroatoms. The van der Waals surface area contributed by atoms with Crippen LogP contribution in [0.4, 0.5) is 0 Å². The fraction of sp³-hybridized carbons (Fsp3) is 0.933. The SMILES string of the molecule is CCNC1CCN(C(=O)CCC(C)OC)CC1CC. The molecule has 1 aliphatic heterocycles. The van der Waals surface area contributed by atoms with E-state index in [4.69, 9.17) is 4.74 Å². The van der Waals surface area contributed by atoms with Gasteiger partial charge in [-0.25, -0.2) is 0 Å². The number of piperidine rings is 1. The average molecular weight is 270 g/mol. The Kier molecular flexibility index (Phi) is 7.39. The fourth-order valence-corrected chi connectivity index (χ4v) is 2.81. The highest BCUT2D eigenvalue weighted by molar-refractivity contribution is 5.76. The van der Waals surface area contributed by atoms with Gasteiger partial charge in [-0.15, -0.1) is 0 Å². The Morgan fingerprint density at radius 3 is 2.79 bits per heavy atom. The number of ether oxygens (including phenoxy) is 1. The molecular weight excluding hydrogens is 240 g/mol. The van der Waals surface area contributed by atoms with E-state index in [9.17, 15) is 4.79 Å². The second-order valence-electron chi connectivity index (χ2n) is 5.55. The van der Waals surface area contributed by atoms with Crippen molar-refractivity contribution in [3.63, 3.8) is 0 Å². The Hall–Kier alpha value is -0.610. The van der Waals surface area contributed by atoms with Gasteiger partial charge in [-0.3, -0.25) is 4.79 Å². The van der Waals surface area contributed by atoms with E-state index in [0.29, 0.717) is 18.4 Å². The Labute approximate surface area is 117 Å². The van der Waals surface area contributed by atoms with Gasteiger partial charge in [0.1, 0.15) is 0 Å². The van der Waals surface area contributed by atoms with Crippen molar-refractivity contribution < 1.29 is 9.53 Å². The normalized spacial score (nSPS) is 25.4. The number of likely N-dealkylation sites (tertiary alicyclic amines) is 1. The molecule has 19 heavy (non-hydrogen) atoms. The third-order valence-electron chi connectivity index (χ3n) is 4.24. The summed E-state index contributed by atoms with van der Waals surface area (Å²) >= 11 is 0. The smallest absolute Gasteiger partial charge is 0.222 e. The second-order valence-corrected chi connectivity index (χ2v) is 5.55. The first-order valence-electron chi connectivity index (χ1n) is 7.66. The first kappa shape index (κ1) is 16.4. The Bertz CT molecular complexity index is 271. The first-order valence-corrected chi connectivity index (χ1v) is 7.66. The van der Waals surface area contributed by atoms with Crippen molar-refractivity contribution in [2.45, 2.75) is 58.6 Å². The summed E-state index contributed by atoms with van der Waals surface area (Å²) in [5.41, 5.74) is 0. The number of nitrogens with zero attached hydrogens (tertiary/aromatic N) is 1. The molecule has 1 heterocycles. The van der Waals surface area contributed by atoms with Crippen LogP contribution < -0.4 is 5.32 Å². The zero-order valence-electron chi connectivity index (χ0n) is 12.9. The van der Waals surface area contributed by atoms with E-state index < -0.39 is 0 Å². The summed E-state index contributed by atoms with van der Waals surface area (Å²) in [7, 11) is 1.70. The minimum Gasteiger partial charge on any atom is -0.382 e. The summed E-state index contributed by atoms with van der Waals surface area (Å²) < 4.78 is 5.20. The van der Waals surface area contributed by atoms with Gasteiger partial charge in [0.25, 0.3) is 0 Å². The summed E-state index contributed by atoms with van der Waals surface area (Å²) in [5.74, 6) is 0.884. The highest BCUT2D eigenvalue weighted by Gasteiger charge is 2.29. The van der Waals surface area contributed by atoms with E-state index in [0.717, 1.165) is 38.9 Å². The van der Waals surface area contributed by atoms with E-state index in [1.54, 1.807) is 7.11 Å². The molecule has 0 aromatic heterocycles. The molecule has 1 aliphatic rings. The molecule has 1 saturated heterocycles. The number of nitrogens with one attached hydrogen (secondary N) is 1. The molecule has 0 aliphatic carbocycles. The molecule has 3 unspecified atom stereocenters. The van der Waals surface area contributed by atoms with Crippen LogP contribution in [-0.2, 0) is 9.53 Å². The highest BCUT2D eigenvalue weighted by atomic mass is 16.5. The quantitative estimate of drug-likeness (QED) is 0.770. The number of carbonyl (C=O) groups excluding carboxylic acids is 1. The van der Waals surface area contributed by atoms with E-state index in [-0.39, 0.29) is 12.0 Å². The lowest BCUT2D eigenvalue weighted by molar-refractivity contribution is -0.134. The molecule has 0 bridgehead atoms. The predicted octanol–water partition coefficient (Wildman–Crippen LogP) is 2.04. The maximum atomic E-state index is 12.2. The first-order chi connectivity index (χ1) is 9.12. The molecule has 0 radical (unpaired) electrons. The summed E-state index contributed by atoms with van der Waals surface area (Å²) in [6.45, 7) is 9.20. The molecule has 0 aromatic rings. The lowest BCUT2D eigenvalue weighted by Gasteiger charge is -2.39. The number of rotatable bonds is 7. The maximum absolute atomic E-state index is 12.2. The molecule has 1 N–H and O–H groups in total. The van der Waals surface area contributed by atoms with Crippen LogP contribution in [0.2, 0.25) is 0 Å².